The van der Waals surface area contributed by atoms with Crippen molar-refractivity contribution in [3.63, 3.8) is 0 Å². The summed E-state index contributed by atoms with van der Waals surface area (Å²) in [6.07, 6.45) is 0.879. The first-order chi connectivity index (χ1) is 6.90. The average molecular weight is 191 g/mol. The Hall–Kier alpha value is -1.35. The van der Waals surface area contributed by atoms with E-state index in [4.69, 9.17) is 4.74 Å². The molecule has 0 unspecified atom stereocenters. The number of rotatable bonds is 2. The van der Waals surface area contributed by atoms with E-state index < -0.39 is 0 Å². The van der Waals surface area contributed by atoms with E-state index in [1.807, 2.05) is 24.3 Å². The minimum absolute atomic E-state index is 0.731. The fraction of sp³-hybridized carbons (Fsp3) is 0.364. The molecule has 0 saturated carbocycles. The largest absolute Gasteiger partial charge is 0.378 e. The molecule has 74 valence electrons. The maximum atomic E-state index is 10.6. The lowest BCUT2D eigenvalue weighted by molar-refractivity contribution is 0.112. The summed E-state index contributed by atoms with van der Waals surface area (Å²) in [5.41, 5.74) is 1.84. The van der Waals surface area contributed by atoms with E-state index in [0.717, 1.165) is 43.8 Å². The van der Waals surface area contributed by atoms with Crippen molar-refractivity contribution >= 4 is 12.0 Å². The number of carbonyl (C=O) groups excluding carboxylic acids is 1. The first-order valence-electron chi connectivity index (χ1n) is 4.78. The highest BCUT2D eigenvalue weighted by molar-refractivity contribution is 5.77. The summed E-state index contributed by atoms with van der Waals surface area (Å²) in [6, 6.07) is 7.67. The zero-order chi connectivity index (χ0) is 9.80. The Kier molecular flexibility index (Phi) is 2.79. The van der Waals surface area contributed by atoms with Gasteiger partial charge in [-0.15, -0.1) is 0 Å². The van der Waals surface area contributed by atoms with E-state index in [2.05, 4.69) is 4.90 Å². The van der Waals surface area contributed by atoms with Gasteiger partial charge in [-0.05, 0) is 12.1 Å². The predicted octanol–water partition coefficient (Wildman–Crippen LogP) is 1.34. The molecule has 0 radical (unpaired) electrons. The molecule has 0 aromatic heterocycles. The van der Waals surface area contributed by atoms with Crippen molar-refractivity contribution in [3.8, 4) is 0 Å². The SMILES string of the molecule is O=Cc1cccc(N2CCOCC2)c1. The van der Waals surface area contributed by atoms with E-state index in [0.29, 0.717) is 0 Å². The summed E-state index contributed by atoms with van der Waals surface area (Å²) in [7, 11) is 0. The molecule has 1 aliphatic rings. The van der Waals surface area contributed by atoms with Crippen LogP contribution in [0.25, 0.3) is 0 Å². The van der Waals surface area contributed by atoms with Crippen molar-refractivity contribution in [1.82, 2.24) is 0 Å². The number of nitrogens with zero attached hydrogens (tertiary/aromatic N) is 1. The van der Waals surface area contributed by atoms with Crippen LogP contribution in [0.5, 0.6) is 0 Å². The standard InChI is InChI=1S/C11H13NO2/c13-9-10-2-1-3-11(8-10)12-4-6-14-7-5-12/h1-3,8-9H,4-7H2. The van der Waals surface area contributed by atoms with E-state index >= 15 is 0 Å². The van der Waals surface area contributed by atoms with Gasteiger partial charge in [0.1, 0.15) is 6.29 Å². The van der Waals surface area contributed by atoms with Crippen LogP contribution < -0.4 is 4.90 Å². The molecule has 0 spiro atoms. The van der Waals surface area contributed by atoms with Crippen LogP contribution in [0.2, 0.25) is 0 Å². The summed E-state index contributed by atoms with van der Waals surface area (Å²) >= 11 is 0. The Morgan fingerprint density at radius 2 is 2.07 bits per heavy atom. The summed E-state index contributed by atoms with van der Waals surface area (Å²) in [4.78, 5) is 12.8. The van der Waals surface area contributed by atoms with Crippen molar-refractivity contribution in [3.05, 3.63) is 29.8 Å². The fourth-order valence-corrected chi connectivity index (χ4v) is 1.62. The minimum atomic E-state index is 0.731. The van der Waals surface area contributed by atoms with E-state index in [1.54, 1.807) is 0 Å². The molecule has 1 aromatic rings. The van der Waals surface area contributed by atoms with E-state index in [-0.39, 0.29) is 0 Å². The number of aldehydes is 1. The molecule has 1 heterocycles. The van der Waals surface area contributed by atoms with Gasteiger partial charge < -0.3 is 9.64 Å². The van der Waals surface area contributed by atoms with Crippen LogP contribution in [0, 0.1) is 0 Å². The van der Waals surface area contributed by atoms with Gasteiger partial charge in [-0.25, -0.2) is 0 Å². The number of anilines is 1. The third-order valence-electron chi connectivity index (χ3n) is 2.38. The second kappa shape index (κ2) is 4.24. The van der Waals surface area contributed by atoms with Gasteiger partial charge in [0, 0.05) is 24.3 Å². The Balaban J connectivity index is 2.17. The summed E-state index contributed by atoms with van der Waals surface area (Å²) < 4.78 is 5.27. The van der Waals surface area contributed by atoms with Gasteiger partial charge in [0.25, 0.3) is 0 Å². The number of hydrogen-bond acceptors (Lipinski definition) is 3. The van der Waals surface area contributed by atoms with Crippen LogP contribution in [0.3, 0.4) is 0 Å². The predicted molar refractivity (Wildman–Crippen MR) is 54.9 cm³/mol. The molecule has 0 N–H and O–H groups in total. The molecule has 0 aliphatic carbocycles. The molecule has 1 fully saturated rings. The normalized spacial score (nSPS) is 16.7. The third kappa shape index (κ3) is 1.93. The first kappa shape index (κ1) is 9.21. The number of carbonyl (C=O) groups is 1. The molecule has 1 saturated heterocycles. The number of morpholine rings is 1. The molecule has 1 aliphatic heterocycles. The summed E-state index contributed by atoms with van der Waals surface area (Å²) in [6.45, 7) is 3.35. The van der Waals surface area contributed by atoms with E-state index in [1.165, 1.54) is 0 Å². The maximum Gasteiger partial charge on any atom is 0.150 e. The number of ether oxygens (including phenoxy) is 1. The van der Waals surface area contributed by atoms with Gasteiger partial charge in [-0.2, -0.15) is 0 Å². The monoisotopic (exact) mass is 191 g/mol. The topological polar surface area (TPSA) is 29.5 Å². The van der Waals surface area contributed by atoms with Crippen molar-refractivity contribution in [2.24, 2.45) is 0 Å². The zero-order valence-corrected chi connectivity index (χ0v) is 7.98. The highest BCUT2D eigenvalue weighted by atomic mass is 16.5. The van der Waals surface area contributed by atoms with Crippen molar-refractivity contribution < 1.29 is 9.53 Å². The van der Waals surface area contributed by atoms with Crippen LogP contribution in [-0.4, -0.2) is 32.6 Å². The van der Waals surface area contributed by atoms with Gasteiger partial charge in [-0.3, -0.25) is 4.79 Å². The lowest BCUT2D eigenvalue weighted by Gasteiger charge is -2.28. The second-order valence-corrected chi connectivity index (χ2v) is 3.31. The van der Waals surface area contributed by atoms with E-state index in [9.17, 15) is 4.79 Å². The van der Waals surface area contributed by atoms with Crippen molar-refractivity contribution in [1.29, 1.82) is 0 Å². The second-order valence-electron chi connectivity index (χ2n) is 3.31. The van der Waals surface area contributed by atoms with Crippen LogP contribution in [0.1, 0.15) is 10.4 Å². The Morgan fingerprint density at radius 3 is 2.79 bits per heavy atom. The molecule has 1 aromatic carbocycles. The smallest absolute Gasteiger partial charge is 0.150 e. The van der Waals surface area contributed by atoms with Crippen molar-refractivity contribution in [2.45, 2.75) is 0 Å². The molecular weight excluding hydrogens is 178 g/mol. The molecule has 0 atom stereocenters. The highest BCUT2D eigenvalue weighted by Gasteiger charge is 2.10. The molecule has 14 heavy (non-hydrogen) atoms. The van der Waals surface area contributed by atoms with Gasteiger partial charge in [0.05, 0.1) is 13.2 Å². The molecular formula is C11H13NO2. The van der Waals surface area contributed by atoms with Crippen LogP contribution in [-0.2, 0) is 4.74 Å². The minimum Gasteiger partial charge on any atom is -0.378 e. The Morgan fingerprint density at radius 1 is 1.29 bits per heavy atom. The van der Waals surface area contributed by atoms with Crippen LogP contribution in [0.4, 0.5) is 5.69 Å². The quantitative estimate of drug-likeness (QED) is 0.660. The van der Waals surface area contributed by atoms with Gasteiger partial charge >= 0.3 is 0 Å². The van der Waals surface area contributed by atoms with Gasteiger partial charge in [-0.1, -0.05) is 12.1 Å². The maximum absolute atomic E-state index is 10.6. The van der Waals surface area contributed by atoms with Crippen molar-refractivity contribution in [2.75, 3.05) is 31.2 Å². The number of hydrogen-bond donors (Lipinski definition) is 0. The lowest BCUT2D eigenvalue weighted by Crippen LogP contribution is -2.36. The Labute approximate surface area is 83.3 Å². The third-order valence-corrected chi connectivity index (χ3v) is 2.38. The molecule has 2 rings (SSSR count). The highest BCUT2D eigenvalue weighted by Crippen LogP contribution is 2.16. The molecule has 3 heteroatoms. The van der Waals surface area contributed by atoms with Crippen LogP contribution >= 0.6 is 0 Å². The molecule has 0 bridgehead atoms. The molecule has 0 amide bonds. The molecule has 3 nitrogen and oxygen atoms in total. The first-order valence-corrected chi connectivity index (χ1v) is 4.78. The lowest BCUT2D eigenvalue weighted by atomic mass is 10.2. The fourth-order valence-electron chi connectivity index (χ4n) is 1.62. The zero-order valence-electron chi connectivity index (χ0n) is 7.98. The summed E-state index contributed by atoms with van der Waals surface area (Å²) in [5, 5.41) is 0. The average Bonchev–Trinajstić information content (AvgIpc) is 2.30. The van der Waals surface area contributed by atoms with Gasteiger partial charge in [0.2, 0.25) is 0 Å². The van der Waals surface area contributed by atoms with Gasteiger partial charge in [0.15, 0.2) is 0 Å². The Bertz CT molecular complexity index is 319. The van der Waals surface area contributed by atoms with Crippen LogP contribution in [0.15, 0.2) is 24.3 Å². The number of benzene rings is 1. The summed E-state index contributed by atoms with van der Waals surface area (Å²) in [5.74, 6) is 0.